The maximum atomic E-state index is 9.95. The van der Waals surface area contributed by atoms with Gasteiger partial charge >= 0.3 is 7.60 Å². The molecule has 78 valence electrons. The van der Waals surface area contributed by atoms with Crippen molar-refractivity contribution in [1.82, 2.24) is 5.32 Å². The summed E-state index contributed by atoms with van der Waals surface area (Å²) < 4.78 is 9.93. The molecule has 0 saturated heterocycles. The van der Waals surface area contributed by atoms with Gasteiger partial charge in [0.1, 0.15) is 0 Å². The van der Waals surface area contributed by atoms with Gasteiger partial charge in [0.25, 0.3) is 0 Å². The van der Waals surface area contributed by atoms with Gasteiger partial charge in [-0.05, 0) is 12.5 Å². The zero-order valence-electron chi connectivity index (χ0n) is 7.86. The SMILES string of the molecule is C=CC(=O)NC.CCCP(=O)(O)O. The van der Waals surface area contributed by atoms with Gasteiger partial charge in [-0.3, -0.25) is 9.36 Å². The number of amides is 1. The zero-order chi connectivity index (χ0) is 10.9. The van der Waals surface area contributed by atoms with Crippen LogP contribution >= 0.6 is 7.60 Å². The molecule has 1 amide bonds. The van der Waals surface area contributed by atoms with Gasteiger partial charge in [-0.15, -0.1) is 0 Å². The van der Waals surface area contributed by atoms with E-state index >= 15 is 0 Å². The molecule has 13 heavy (non-hydrogen) atoms. The lowest BCUT2D eigenvalue weighted by molar-refractivity contribution is -0.116. The van der Waals surface area contributed by atoms with Crippen LogP contribution in [0.3, 0.4) is 0 Å². The van der Waals surface area contributed by atoms with E-state index in [1.165, 1.54) is 6.08 Å². The van der Waals surface area contributed by atoms with E-state index in [2.05, 4.69) is 11.9 Å². The minimum atomic E-state index is -3.67. The first kappa shape index (κ1) is 14.9. The van der Waals surface area contributed by atoms with Crippen LogP contribution in [-0.2, 0) is 9.36 Å². The molecular formula is C7H16NO4P. The first-order chi connectivity index (χ1) is 5.87. The molecule has 0 radical (unpaired) electrons. The van der Waals surface area contributed by atoms with Crippen molar-refractivity contribution in [2.45, 2.75) is 13.3 Å². The quantitative estimate of drug-likeness (QED) is 0.466. The Bertz CT molecular complexity index is 199. The fraction of sp³-hybridized carbons (Fsp3) is 0.571. The van der Waals surface area contributed by atoms with Gasteiger partial charge in [0, 0.05) is 13.2 Å². The summed E-state index contributed by atoms with van der Waals surface area (Å²) in [5.41, 5.74) is 0. The molecule has 0 saturated carbocycles. The molecule has 0 aliphatic rings. The second kappa shape index (κ2) is 7.98. The molecular weight excluding hydrogens is 193 g/mol. The van der Waals surface area contributed by atoms with Crippen LogP contribution in [0.1, 0.15) is 13.3 Å². The normalized spacial score (nSPS) is 9.54. The van der Waals surface area contributed by atoms with E-state index in [-0.39, 0.29) is 12.1 Å². The molecule has 0 bridgehead atoms. The Morgan fingerprint density at radius 2 is 2.08 bits per heavy atom. The molecule has 0 aromatic carbocycles. The summed E-state index contributed by atoms with van der Waals surface area (Å²) >= 11 is 0. The zero-order valence-corrected chi connectivity index (χ0v) is 8.75. The Morgan fingerprint density at radius 3 is 2.08 bits per heavy atom. The van der Waals surface area contributed by atoms with Crippen molar-refractivity contribution in [3.63, 3.8) is 0 Å². The van der Waals surface area contributed by atoms with Gasteiger partial charge in [-0.25, -0.2) is 0 Å². The minimum absolute atomic E-state index is 0.00694. The van der Waals surface area contributed by atoms with Crippen LogP contribution in [0.5, 0.6) is 0 Å². The van der Waals surface area contributed by atoms with E-state index < -0.39 is 7.60 Å². The van der Waals surface area contributed by atoms with Crippen LogP contribution in [0.2, 0.25) is 0 Å². The molecule has 3 N–H and O–H groups in total. The highest BCUT2D eigenvalue weighted by Crippen LogP contribution is 2.34. The molecule has 0 aliphatic carbocycles. The van der Waals surface area contributed by atoms with E-state index in [0.717, 1.165) is 0 Å². The van der Waals surface area contributed by atoms with E-state index in [9.17, 15) is 9.36 Å². The largest absolute Gasteiger partial charge is 0.356 e. The van der Waals surface area contributed by atoms with Crippen molar-refractivity contribution >= 4 is 13.5 Å². The molecule has 0 aliphatic heterocycles. The predicted molar refractivity (Wildman–Crippen MR) is 51.5 cm³/mol. The Hall–Kier alpha value is -0.640. The molecule has 0 aromatic rings. The standard InChI is InChI=1S/C4H7NO.C3H9O3P/c1-3-4(6)5-2;1-2-3-7(4,5)6/h3H,1H2,2H3,(H,5,6);2-3H2,1H3,(H2,4,5,6). The third kappa shape index (κ3) is 18.4. The summed E-state index contributed by atoms with van der Waals surface area (Å²) in [4.78, 5) is 26.2. The third-order valence-electron chi connectivity index (χ3n) is 0.947. The van der Waals surface area contributed by atoms with Crippen molar-refractivity contribution in [3.05, 3.63) is 12.7 Å². The highest BCUT2D eigenvalue weighted by Gasteiger charge is 2.08. The second-order valence-corrected chi connectivity index (χ2v) is 3.98. The van der Waals surface area contributed by atoms with Crippen LogP contribution in [0.15, 0.2) is 12.7 Å². The topological polar surface area (TPSA) is 86.6 Å². The summed E-state index contributed by atoms with van der Waals surface area (Å²) in [7, 11) is -2.11. The number of carbonyl (C=O) groups is 1. The first-order valence-electron chi connectivity index (χ1n) is 3.76. The van der Waals surface area contributed by atoms with E-state index in [1.54, 1.807) is 14.0 Å². The van der Waals surface area contributed by atoms with Crippen molar-refractivity contribution in [1.29, 1.82) is 0 Å². The third-order valence-corrected chi connectivity index (χ3v) is 1.98. The summed E-state index contributed by atoms with van der Waals surface area (Å²) in [5.74, 6) is -0.144. The lowest BCUT2D eigenvalue weighted by atomic mass is 10.6. The highest BCUT2D eigenvalue weighted by atomic mass is 31.2. The Kier molecular flexibility index (Phi) is 9.12. The van der Waals surface area contributed by atoms with Crippen LogP contribution in [0.4, 0.5) is 0 Å². The van der Waals surface area contributed by atoms with Crippen molar-refractivity contribution in [2.75, 3.05) is 13.2 Å². The fourth-order valence-corrected chi connectivity index (χ4v) is 0.976. The molecule has 0 unspecified atom stereocenters. The van der Waals surface area contributed by atoms with Gasteiger partial charge in [-0.1, -0.05) is 13.5 Å². The Balaban J connectivity index is 0. The number of hydrogen-bond acceptors (Lipinski definition) is 2. The molecule has 6 heteroatoms. The van der Waals surface area contributed by atoms with Crippen molar-refractivity contribution in [2.24, 2.45) is 0 Å². The summed E-state index contributed by atoms with van der Waals surface area (Å²) in [6.45, 7) is 4.95. The minimum Gasteiger partial charge on any atom is -0.356 e. The van der Waals surface area contributed by atoms with Crippen molar-refractivity contribution in [3.8, 4) is 0 Å². The lowest BCUT2D eigenvalue weighted by Gasteiger charge is -1.96. The predicted octanol–water partition coefficient (Wildman–Crippen LogP) is 0.492. The molecule has 0 spiro atoms. The Labute approximate surface area is 78.0 Å². The molecule has 0 aromatic heterocycles. The average molecular weight is 209 g/mol. The van der Waals surface area contributed by atoms with Gasteiger partial charge in [0.15, 0.2) is 0 Å². The maximum absolute atomic E-state index is 9.95. The number of carbonyl (C=O) groups excluding carboxylic acids is 1. The van der Waals surface area contributed by atoms with Crippen LogP contribution in [0.25, 0.3) is 0 Å². The van der Waals surface area contributed by atoms with Gasteiger partial charge in [0.05, 0.1) is 0 Å². The average Bonchev–Trinajstić information content (AvgIpc) is 2.02. The summed E-state index contributed by atoms with van der Waals surface area (Å²) in [6.07, 6.45) is 1.78. The van der Waals surface area contributed by atoms with E-state index in [1.807, 2.05) is 0 Å². The summed E-state index contributed by atoms with van der Waals surface area (Å²) in [5, 5.41) is 2.36. The number of nitrogens with one attached hydrogen (secondary N) is 1. The van der Waals surface area contributed by atoms with Crippen LogP contribution in [-0.4, -0.2) is 28.9 Å². The molecule has 0 fully saturated rings. The molecule has 0 atom stereocenters. The molecule has 0 heterocycles. The highest BCUT2D eigenvalue weighted by molar-refractivity contribution is 7.51. The maximum Gasteiger partial charge on any atom is 0.325 e. The van der Waals surface area contributed by atoms with Crippen LogP contribution < -0.4 is 5.32 Å². The van der Waals surface area contributed by atoms with Gasteiger partial charge in [-0.2, -0.15) is 0 Å². The smallest absolute Gasteiger partial charge is 0.325 e. The molecule has 5 nitrogen and oxygen atoms in total. The number of rotatable bonds is 3. The van der Waals surface area contributed by atoms with Gasteiger partial charge in [0.2, 0.25) is 5.91 Å². The van der Waals surface area contributed by atoms with Crippen LogP contribution in [0, 0.1) is 0 Å². The number of likely N-dealkylation sites (N-methyl/N-ethyl adjacent to an activating group) is 1. The second-order valence-electron chi connectivity index (χ2n) is 2.21. The van der Waals surface area contributed by atoms with Crippen molar-refractivity contribution < 1.29 is 19.1 Å². The monoisotopic (exact) mass is 209 g/mol. The van der Waals surface area contributed by atoms with E-state index in [4.69, 9.17) is 9.79 Å². The number of hydrogen-bond donors (Lipinski definition) is 3. The summed E-state index contributed by atoms with van der Waals surface area (Å²) in [6, 6.07) is 0. The van der Waals surface area contributed by atoms with E-state index in [0.29, 0.717) is 6.42 Å². The first-order valence-corrected chi connectivity index (χ1v) is 5.55. The van der Waals surface area contributed by atoms with Gasteiger partial charge < -0.3 is 15.1 Å². The Morgan fingerprint density at radius 1 is 1.62 bits per heavy atom. The molecule has 0 rings (SSSR count). The lowest BCUT2D eigenvalue weighted by Crippen LogP contribution is -2.13. The fourth-order valence-electron chi connectivity index (χ4n) is 0.393.